The highest BCUT2D eigenvalue weighted by atomic mass is 32.1. The first kappa shape index (κ1) is 17.7. The SMILES string of the molecule is O=C(NCCc1nc(-c2ccccc2)no1)c1c(-n2cnnn2)sc2c1CCC2. The topological polar surface area (TPSA) is 112 Å². The molecule has 1 amide bonds. The van der Waals surface area contributed by atoms with E-state index in [1.165, 1.54) is 11.2 Å². The maximum atomic E-state index is 12.9. The van der Waals surface area contributed by atoms with Crippen LogP contribution in [0, 0.1) is 0 Å². The van der Waals surface area contributed by atoms with Crippen LogP contribution in [0.2, 0.25) is 0 Å². The lowest BCUT2D eigenvalue weighted by molar-refractivity contribution is 0.0953. The van der Waals surface area contributed by atoms with E-state index < -0.39 is 0 Å². The summed E-state index contributed by atoms with van der Waals surface area (Å²) in [6, 6.07) is 9.63. The maximum Gasteiger partial charge on any atom is 0.254 e. The van der Waals surface area contributed by atoms with Crippen LogP contribution in [0.15, 0.2) is 41.2 Å². The van der Waals surface area contributed by atoms with E-state index in [-0.39, 0.29) is 5.91 Å². The molecule has 0 saturated carbocycles. The molecular weight excluding hydrogens is 390 g/mol. The Hall–Kier alpha value is -3.40. The van der Waals surface area contributed by atoms with Crippen LogP contribution in [-0.4, -0.2) is 42.8 Å². The number of rotatable bonds is 6. The summed E-state index contributed by atoms with van der Waals surface area (Å²) < 4.78 is 6.86. The summed E-state index contributed by atoms with van der Waals surface area (Å²) in [5, 5.41) is 19.1. The van der Waals surface area contributed by atoms with Gasteiger partial charge in [-0.15, -0.1) is 16.4 Å². The molecule has 1 aliphatic carbocycles. The molecule has 1 aromatic carbocycles. The van der Waals surface area contributed by atoms with Gasteiger partial charge in [0, 0.05) is 23.4 Å². The molecule has 4 aromatic rings. The molecule has 0 aliphatic heterocycles. The fraction of sp³-hybridized carbons (Fsp3) is 0.263. The fourth-order valence-corrected chi connectivity index (χ4v) is 4.77. The van der Waals surface area contributed by atoms with E-state index in [2.05, 4.69) is 31.0 Å². The zero-order valence-corrected chi connectivity index (χ0v) is 16.2. The Bertz CT molecular complexity index is 1140. The van der Waals surface area contributed by atoms with E-state index in [0.717, 1.165) is 35.4 Å². The van der Waals surface area contributed by atoms with Crippen LogP contribution >= 0.6 is 11.3 Å². The molecule has 9 nitrogen and oxygen atoms in total. The van der Waals surface area contributed by atoms with Crippen molar-refractivity contribution < 1.29 is 9.32 Å². The number of carbonyl (C=O) groups excluding carboxylic acids is 1. The summed E-state index contributed by atoms with van der Waals surface area (Å²) >= 11 is 1.58. The van der Waals surface area contributed by atoms with Crippen LogP contribution in [-0.2, 0) is 19.3 Å². The van der Waals surface area contributed by atoms with E-state index in [1.807, 2.05) is 30.3 Å². The quantitative estimate of drug-likeness (QED) is 0.522. The van der Waals surface area contributed by atoms with Gasteiger partial charge in [0.15, 0.2) is 0 Å². The molecule has 1 N–H and O–H groups in total. The minimum absolute atomic E-state index is 0.127. The number of thiophene rings is 1. The number of nitrogens with one attached hydrogen (secondary N) is 1. The number of hydrogen-bond acceptors (Lipinski definition) is 8. The average Bonchev–Trinajstić information content (AvgIpc) is 3.51. The smallest absolute Gasteiger partial charge is 0.254 e. The summed E-state index contributed by atoms with van der Waals surface area (Å²) in [4.78, 5) is 18.6. The molecule has 5 rings (SSSR count). The van der Waals surface area contributed by atoms with Gasteiger partial charge in [-0.3, -0.25) is 4.79 Å². The molecule has 10 heteroatoms. The van der Waals surface area contributed by atoms with E-state index in [0.29, 0.717) is 30.2 Å². The lowest BCUT2D eigenvalue weighted by Crippen LogP contribution is -2.27. The van der Waals surface area contributed by atoms with Gasteiger partial charge in [-0.2, -0.15) is 9.67 Å². The van der Waals surface area contributed by atoms with Crippen molar-refractivity contribution in [1.82, 2.24) is 35.7 Å². The summed E-state index contributed by atoms with van der Waals surface area (Å²) in [6.07, 6.45) is 4.94. The van der Waals surface area contributed by atoms with Crippen LogP contribution in [0.25, 0.3) is 16.4 Å². The fourth-order valence-electron chi connectivity index (χ4n) is 3.47. The van der Waals surface area contributed by atoms with E-state index >= 15 is 0 Å². The monoisotopic (exact) mass is 407 g/mol. The predicted molar refractivity (Wildman–Crippen MR) is 105 cm³/mol. The number of aryl methyl sites for hydroxylation is 1. The van der Waals surface area contributed by atoms with Gasteiger partial charge < -0.3 is 9.84 Å². The third kappa shape index (κ3) is 3.42. The normalized spacial score (nSPS) is 12.8. The highest BCUT2D eigenvalue weighted by molar-refractivity contribution is 7.15. The number of hydrogen-bond donors (Lipinski definition) is 1. The van der Waals surface area contributed by atoms with Gasteiger partial charge >= 0.3 is 0 Å². The Morgan fingerprint density at radius 3 is 2.97 bits per heavy atom. The van der Waals surface area contributed by atoms with E-state index in [9.17, 15) is 4.79 Å². The summed E-state index contributed by atoms with van der Waals surface area (Å²) in [7, 11) is 0. The average molecular weight is 407 g/mol. The molecule has 0 saturated heterocycles. The molecule has 0 spiro atoms. The number of benzene rings is 1. The van der Waals surface area contributed by atoms with Gasteiger partial charge in [0.1, 0.15) is 11.3 Å². The van der Waals surface area contributed by atoms with Crippen LogP contribution in [0.5, 0.6) is 0 Å². The molecule has 0 radical (unpaired) electrons. The minimum Gasteiger partial charge on any atom is -0.351 e. The van der Waals surface area contributed by atoms with Crippen LogP contribution < -0.4 is 5.32 Å². The molecule has 1 aliphatic rings. The molecule has 0 unspecified atom stereocenters. The molecule has 3 heterocycles. The van der Waals surface area contributed by atoms with Crippen LogP contribution in [0.3, 0.4) is 0 Å². The van der Waals surface area contributed by atoms with Gasteiger partial charge in [-0.05, 0) is 35.3 Å². The highest BCUT2D eigenvalue weighted by Gasteiger charge is 2.27. The number of nitrogens with zero attached hydrogens (tertiary/aromatic N) is 6. The van der Waals surface area contributed by atoms with Crippen LogP contribution in [0.1, 0.15) is 33.1 Å². The van der Waals surface area contributed by atoms with Crippen molar-refractivity contribution in [1.29, 1.82) is 0 Å². The second-order valence-corrected chi connectivity index (χ2v) is 7.76. The van der Waals surface area contributed by atoms with Gasteiger partial charge in [-0.1, -0.05) is 35.5 Å². The third-order valence-corrected chi connectivity index (χ3v) is 6.09. The van der Waals surface area contributed by atoms with E-state index in [1.54, 1.807) is 16.0 Å². The summed E-state index contributed by atoms with van der Waals surface area (Å²) in [6.45, 7) is 0.398. The standard InChI is InChI=1S/C19H17N7O2S/c27-18(16-13-7-4-8-14(13)29-19(16)26-11-21-24-25-26)20-10-9-15-22-17(23-28-15)12-5-2-1-3-6-12/h1-3,5-6,11H,4,7-10H2,(H,20,27). The second-order valence-electron chi connectivity index (χ2n) is 6.68. The molecular formula is C19H17N7O2S. The van der Waals surface area contributed by atoms with Crippen molar-refractivity contribution in [3.63, 3.8) is 0 Å². The summed E-state index contributed by atoms with van der Waals surface area (Å²) in [5.74, 6) is 0.904. The molecule has 146 valence electrons. The van der Waals surface area contributed by atoms with Crippen molar-refractivity contribution in [2.45, 2.75) is 25.7 Å². The van der Waals surface area contributed by atoms with Crippen molar-refractivity contribution >= 4 is 17.2 Å². The predicted octanol–water partition coefficient (Wildman–Crippen LogP) is 2.24. The van der Waals surface area contributed by atoms with Crippen molar-refractivity contribution in [3.8, 4) is 16.4 Å². The zero-order chi connectivity index (χ0) is 19.6. The van der Waals surface area contributed by atoms with Crippen molar-refractivity contribution in [2.24, 2.45) is 0 Å². The minimum atomic E-state index is -0.127. The Morgan fingerprint density at radius 1 is 1.24 bits per heavy atom. The molecule has 3 aromatic heterocycles. The van der Waals surface area contributed by atoms with Gasteiger partial charge in [-0.25, -0.2) is 0 Å². The first-order chi connectivity index (χ1) is 14.3. The lowest BCUT2D eigenvalue weighted by Gasteiger charge is -2.07. The first-order valence-corrected chi connectivity index (χ1v) is 10.2. The lowest BCUT2D eigenvalue weighted by atomic mass is 10.1. The van der Waals surface area contributed by atoms with Gasteiger partial charge in [0.25, 0.3) is 5.91 Å². The molecule has 0 atom stereocenters. The number of tetrazole rings is 1. The largest absolute Gasteiger partial charge is 0.351 e. The van der Waals surface area contributed by atoms with Crippen molar-refractivity contribution in [2.75, 3.05) is 6.54 Å². The third-order valence-electron chi connectivity index (χ3n) is 4.81. The number of carbonyl (C=O) groups is 1. The molecule has 0 bridgehead atoms. The Kier molecular flexibility index (Phi) is 4.60. The van der Waals surface area contributed by atoms with Crippen LogP contribution in [0.4, 0.5) is 0 Å². The Balaban J connectivity index is 1.28. The molecule has 0 fully saturated rings. The Morgan fingerprint density at radius 2 is 2.14 bits per heavy atom. The Labute approximate surface area is 169 Å². The maximum absolute atomic E-state index is 12.9. The first-order valence-electron chi connectivity index (χ1n) is 9.33. The van der Waals surface area contributed by atoms with Gasteiger partial charge in [0.2, 0.25) is 11.7 Å². The summed E-state index contributed by atoms with van der Waals surface area (Å²) in [5.41, 5.74) is 2.68. The second kappa shape index (κ2) is 7.55. The highest BCUT2D eigenvalue weighted by Crippen LogP contribution is 2.37. The van der Waals surface area contributed by atoms with Crippen molar-refractivity contribution in [3.05, 3.63) is 58.6 Å². The zero-order valence-electron chi connectivity index (χ0n) is 15.4. The molecule has 29 heavy (non-hydrogen) atoms. The van der Waals surface area contributed by atoms with Gasteiger partial charge in [0.05, 0.1) is 5.56 Å². The number of fused-ring (bicyclic) bond motifs is 1. The van der Waals surface area contributed by atoms with E-state index in [4.69, 9.17) is 4.52 Å². The number of amides is 1. The number of aromatic nitrogens is 6.